The number of hydrogen-bond acceptors (Lipinski definition) is 3. The molecule has 0 fully saturated rings. The second kappa shape index (κ2) is 5.06. The third-order valence-electron chi connectivity index (χ3n) is 2.40. The van der Waals surface area contributed by atoms with Gasteiger partial charge in [-0.15, -0.1) is 0 Å². The van der Waals surface area contributed by atoms with Gasteiger partial charge in [0.1, 0.15) is 12.1 Å². The van der Waals surface area contributed by atoms with E-state index in [9.17, 15) is 17.6 Å². The van der Waals surface area contributed by atoms with Crippen molar-refractivity contribution >= 4 is 28.9 Å². The van der Waals surface area contributed by atoms with Gasteiger partial charge in [-0.25, -0.2) is 14.4 Å². The first kappa shape index (κ1) is 14.8. The molecule has 2 N–H and O–H groups in total. The van der Waals surface area contributed by atoms with Crippen LogP contribution in [0.15, 0.2) is 18.5 Å². The highest BCUT2D eigenvalue weighted by Gasteiger charge is 2.36. The minimum atomic E-state index is -4.77. The molecule has 3 nitrogen and oxygen atoms in total. The molecule has 0 spiro atoms. The van der Waals surface area contributed by atoms with E-state index in [1.165, 1.54) is 0 Å². The molecule has 1 heterocycles. The minimum absolute atomic E-state index is 0.00805. The Balaban J connectivity index is 2.69. The molecule has 2 rings (SSSR count). The van der Waals surface area contributed by atoms with Crippen LogP contribution in [0.5, 0.6) is 0 Å². The largest absolute Gasteiger partial charge is 0.434 e. The van der Waals surface area contributed by atoms with E-state index in [-0.39, 0.29) is 16.3 Å². The maximum Gasteiger partial charge on any atom is 0.434 e. The molecule has 0 saturated carbocycles. The number of rotatable bonds is 1. The second-order valence-electron chi connectivity index (χ2n) is 3.74. The van der Waals surface area contributed by atoms with Gasteiger partial charge in [0.15, 0.2) is 5.69 Å². The van der Waals surface area contributed by atoms with Gasteiger partial charge >= 0.3 is 6.18 Å². The van der Waals surface area contributed by atoms with Crippen molar-refractivity contribution in [3.8, 4) is 11.3 Å². The Kier molecular flexibility index (Phi) is 3.75. The lowest BCUT2D eigenvalue weighted by Gasteiger charge is -2.11. The number of benzene rings is 1. The van der Waals surface area contributed by atoms with Crippen LogP contribution in [0.25, 0.3) is 11.3 Å². The zero-order chi connectivity index (χ0) is 15.1. The number of hydrogen-bond donors (Lipinski definition) is 1. The van der Waals surface area contributed by atoms with Crippen LogP contribution in [0.1, 0.15) is 5.69 Å². The highest BCUT2D eigenvalue weighted by molar-refractivity contribution is 6.34. The molecule has 0 bridgehead atoms. The van der Waals surface area contributed by atoms with Gasteiger partial charge < -0.3 is 5.73 Å². The van der Waals surface area contributed by atoms with Crippen LogP contribution in [0, 0.1) is 5.82 Å². The smallest absolute Gasteiger partial charge is 0.398 e. The van der Waals surface area contributed by atoms with Crippen LogP contribution in [0.2, 0.25) is 10.0 Å². The zero-order valence-electron chi connectivity index (χ0n) is 9.47. The molecule has 0 aliphatic rings. The predicted octanol–water partition coefficient (Wildman–Crippen LogP) is 4.19. The van der Waals surface area contributed by atoms with Crippen molar-refractivity contribution in [2.75, 3.05) is 5.73 Å². The van der Waals surface area contributed by atoms with Crippen LogP contribution in [0.4, 0.5) is 23.2 Å². The lowest BCUT2D eigenvalue weighted by molar-refractivity contribution is -0.141. The van der Waals surface area contributed by atoms with Crippen molar-refractivity contribution in [1.29, 1.82) is 0 Å². The molecule has 0 atom stereocenters. The summed E-state index contributed by atoms with van der Waals surface area (Å²) >= 11 is 11.2. The normalized spacial score (nSPS) is 11.7. The van der Waals surface area contributed by atoms with E-state index in [1.807, 2.05) is 0 Å². The van der Waals surface area contributed by atoms with Gasteiger partial charge in [0.25, 0.3) is 0 Å². The first-order chi connectivity index (χ1) is 9.21. The molecule has 2 aromatic rings. The Bertz CT molecular complexity index is 673. The predicted molar refractivity (Wildman–Crippen MR) is 66.9 cm³/mol. The summed E-state index contributed by atoms with van der Waals surface area (Å²) in [6, 6.07) is 1.93. The quantitative estimate of drug-likeness (QED) is 0.631. The van der Waals surface area contributed by atoms with Gasteiger partial charge in [0.2, 0.25) is 0 Å². The number of anilines is 1. The van der Waals surface area contributed by atoms with Crippen LogP contribution < -0.4 is 5.73 Å². The molecule has 0 radical (unpaired) electrons. The van der Waals surface area contributed by atoms with E-state index < -0.39 is 28.4 Å². The lowest BCUT2D eigenvalue weighted by Crippen LogP contribution is -2.10. The fraction of sp³-hybridized carbons (Fsp3) is 0.0909. The summed E-state index contributed by atoms with van der Waals surface area (Å²) in [5.74, 6) is -0.891. The molecular formula is C11H5Cl2F4N3. The standard InChI is InChI=1S/C11H5Cl2F4N3/c12-5-2-6(14)4(1-7(5)18)9-8(13)10(11(15,16)17)20-3-19-9/h1-3H,18H2. The molecule has 0 aliphatic heterocycles. The Morgan fingerprint density at radius 1 is 1.10 bits per heavy atom. The molecule has 9 heteroatoms. The number of nitrogens with zero attached hydrogens (tertiary/aromatic N) is 2. The van der Waals surface area contributed by atoms with Crippen LogP contribution in [-0.2, 0) is 6.18 Å². The van der Waals surface area contributed by atoms with Crippen molar-refractivity contribution in [3.63, 3.8) is 0 Å². The third-order valence-corrected chi connectivity index (χ3v) is 3.08. The van der Waals surface area contributed by atoms with Gasteiger partial charge in [-0.2, -0.15) is 13.2 Å². The summed E-state index contributed by atoms with van der Waals surface area (Å²) in [6.07, 6.45) is -4.13. The zero-order valence-corrected chi connectivity index (χ0v) is 11.0. The van der Waals surface area contributed by atoms with Crippen LogP contribution in [0.3, 0.4) is 0 Å². The first-order valence-electron chi connectivity index (χ1n) is 5.04. The Morgan fingerprint density at radius 3 is 2.35 bits per heavy atom. The number of aromatic nitrogens is 2. The highest BCUT2D eigenvalue weighted by atomic mass is 35.5. The summed E-state index contributed by atoms with van der Waals surface area (Å²) in [4.78, 5) is 6.63. The van der Waals surface area contributed by atoms with Crippen molar-refractivity contribution in [2.24, 2.45) is 0 Å². The fourth-order valence-corrected chi connectivity index (χ4v) is 1.96. The van der Waals surface area contributed by atoms with Crippen molar-refractivity contribution in [1.82, 2.24) is 9.97 Å². The van der Waals surface area contributed by atoms with Crippen molar-refractivity contribution in [2.45, 2.75) is 6.18 Å². The van der Waals surface area contributed by atoms with Gasteiger partial charge in [0, 0.05) is 5.56 Å². The molecule has 106 valence electrons. The molecule has 0 saturated heterocycles. The molecule has 20 heavy (non-hydrogen) atoms. The monoisotopic (exact) mass is 325 g/mol. The summed E-state index contributed by atoms with van der Waals surface area (Å²) in [5, 5.41) is -0.868. The number of nitrogens with two attached hydrogens (primary N) is 1. The topological polar surface area (TPSA) is 51.8 Å². The second-order valence-corrected chi connectivity index (χ2v) is 4.52. The van der Waals surface area contributed by atoms with Gasteiger partial charge in [-0.05, 0) is 12.1 Å². The molecule has 0 unspecified atom stereocenters. The Hall–Kier alpha value is -1.60. The van der Waals surface area contributed by atoms with Crippen LogP contribution >= 0.6 is 23.2 Å². The average Bonchev–Trinajstić information content (AvgIpc) is 2.33. The maximum absolute atomic E-state index is 13.8. The first-order valence-corrected chi connectivity index (χ1v) is 5.80. The summed E-state index contributed by atoms with van der Waals surface area (Å²) in [6.45, 7) is 0. The fourth-order valence-electron chi connectivity index (χ4n) is 1.50. The average molecular weight is 326 g/mol. The van der Waals surface area contributed by atoms with Gasteiger partial charge in [-0.1, -0.05) is 23.2 Å². The van der Waals surface area contributed by atoms with Crippen LogP contribution in [-0.4, -0.2) is 9.97 Å². The number of nitrogen functional groups attached to an aromatic ring is 1. The van der Waals surface area contributed by atoms with Crippen molar-refractivity contribution < 1.29 is 17.6 Å². The van der Waals surface area contributed by atoms with E-state index in [0.29, 0.717) is 6.33 Å². The minimum Gasteiger partial charge on any atom is -0.398 e. The van der Waals surface area contributed by atoms with E-state index >= 15 is 0 Å². The molecular weight excluding hydrogens is 321 g/mol. The van der Waals surface area contributed by atoms with E-state index in [4.69, 9.17) is 28.9 Å². The summed E-state index contributed by atoms with van der Waals surface area (Å²) in [7, 11) is 0. The maximum atomic E-state index is 13.8. The Labute approximate surface area is 120 Å². The van der Waals surface area contributed by atoms with E-state index in [0.717, 1.165) is 12.1 Å². The lowest BCUT2D eigenvalue weighted by atomic mass is 10.1. The molecule has 1 aromatic carbocycles. The Morgan fingerprint density at radius 2 is 1.75 bits per heavy atom. The highest BCUT2D eigenvalue weighted by Crippen LogP contribution is 2.39. The SMILES string of the molecule is Nc1cc(-c2ncnc(C(F)(F)F)c2Cl)c(F)cc1Cl. The number of halogens is 6. The van der Waals surface area contributed by atoms with Gasteiger partial charge in [0.05, 0.1) is 21.4 Å². The number of alkyl halides is 3. The summed E-state index contributed by atoms with van der Waals surface area (Å²) in [5.41, 5.74) is 3.44. The molecule has 0 aliphatic carbocycles. The van der Waals surface area contributed by atoms with E-state index in [1.54, 1.807) is 0 Å². The molecule has 1 aromatic heterocycles. The third kappa shape index (κ3) is 2.64. The van der Waals surface area contributed by atoms with Gasteiger partial charge in [-0.3, -0.25) is 0 Å². The molecule has 0 amide bonds. The van der Waals surface area contributed by atoms with E-state index in [2.05, 4.69) is 9.97 Å². The summed E-state index contributed by atoms with van der Waals surface area (Å²) < 4.78 is 51.8. The van der Waals surface area contributed by atoms with Crippen molar-refractivity contribution in [3.05, 3.63) is 40.0 Å².